The molecule has 0 N–H and O–H groups in total. The van der Waals surface area contributed by atoms with E-state index in [1.165, 1.54) is 17.7 Å². The molecule has 1 aliphatic carbocycles. The van der Waals surface area contributed by atoms with Gasteiger partial charge in [-0.2, -0.15) is 0 Å². The number of carbonyl (C=O) groups excluding carboxylic acids is 1. The quantitative estimate of drug-likeness (QED) is 0.468. The van der Waals surface area contributed by atoms with Crippen molar-refractivity contribution in [2.45, 2.75) is 83.8 Å². The third kappa shape index (κ3) is 7.21. The molecule has 0 atom stereocenters. The lowest BCUT2D eigenvalue weighted by molar-refractivity contribution is -0.148. The van der Waals surface area contributed by atoms with Gasteiger partial charge in [0.25, 0.3) is 0 Å². The van der Waals surface area contributed by atoms with Crippen molar-refractivity contribution in [1.29, 1.82) is 0 Å². The molecular weight excluding hydrogens is 434 g/mol. The molecule has 5 nitrogen and oxygen atoms in total. The van der Waals surface area contributed by atoms with Gasteiger partial charge < -0.3 is 9.64 Å². The number of aryl methyl sites for hydroxylation is 1. The molecule has 186 valence electrons. The first-order chi connectivity index (χ1) is 15.6. The molecule has 0 amide bonds. The lowest BCUT2D eigenvalue weighted by atomic mass is 9.80. The molecule has 33 heavy (non-hydrogen) atoms. The Hall–Kier alpha value is -1.56. The summed E-state index contributed by atoms with van der Waals surface area (Å²) < 4.78 is 29.5. The van der Waals surface area contributed by atoms with E-state index in [1.807, 2.05) is 27.7 Å². The van der Waals surface area contributed by atoms with Crippen LogP contribution < -0.4 is 4.90 Å². The lowest BCUT2D eigenvalue weighted by Crippen LogP contribution is -2.36. The van der Waals surface area contributed by atoms with Crippen molar-refractivity contribution in [2.75, 3.05) is 30.3 Å². The van der Waals surface area contributed by atoms with Gasteiger partial charge in [-0.25, -0.2) is 8.42 Å². The summed E-state index contributed by atoms with van der Waals surface area (Å²) in [5, 5.41) is 0. The number of carbonyl (C=O) groups is 1. The number of piperidine rings is 1. The van der Waals surface area contributed by atoms with Crippen molar-refractivity contribution in [3.8, 4) is 0 Å². The summed E-state index contributed by atoms with van der Waals surface area (Å²) in [6.45, 7) is 9.55. The van der Waals surface area contributed by atoms with E-state index in [2.05, 4.69) is 29.2 Å². The van der Waals surface area contributed by atoms with E-state index in [9.17, 15) is 13.2 Å². The second kappa shape index (κ2) is 11.2. The zero-order valence-corrected chi connectivity index (χ0v) is 21.8. The average molecular weight is 478 g/mol. The molecule has 2 fully saturated rings. The smallest absolute Gasteiger partial charge is 0.309 e. The Morgan fingerprint density at radius 3 is 2.09 bits per heavy atom. The summed E-state index contributed by atoms with van der Waals surface area (Å²) >= 11 is 0. The summed E-state index contributed by atoms with van der Waals surface area (Å²) in [6.07, 6.45) is 8.38. The molecule has 0 aromatic heterocycles. The first-order valence-corrected chi connectivity index (χ1v) is 14.5. The van der Waals surface area contributed by atoms with Gasteiger partial charge in [0.05, 0.1) is 23.0 Å². The number of benzene rings is 1. The fraction of sp³-hybridized carbons (Fsp3) is 0.741. The van der Waals surface area contributed by atoms with E-state index in [0.717, 1.165) is 58.0 Å². The molecule has 1 aromatic rings. The lowest BCUT2D eigenvalue weighted by Gasteiger charge is -2.32. The van der Waals surface area contributed by atoms with Gasteiger partial charge in [-0.1, -0.05) is 25.0 Å². The molecule has 1 saturated carbocycles. The minimum absolute atomic E-state index is 0.0441. The predicted octanol–water partition coefficient (Wildman–Crippen LogP) is 5.42. The van der Waals surface area contributed by atoms with Gasteiger partial charge in [0.2, 0.25) is 0 Å². The van der Waals surface area contributed by atoms with Crippen LogP contribution in [0.15, 0.2) is 24.3 Å². The Morgan fingerprint density at radius 2 is 1.55 bits per heavy atom. The summed E-state index contributed by atoms with van der Waals surface area (Å²) in [5.74, 6) is 1.39. The van der Waals surface area contributed by atoms with Crippen LogP contribution in [-0.4, -0.2) is 44.6 Å². The largest absolute Gasteiger partial charge is 0.466 e. The Morgan fingerprint density at radius 1 is 0.970 bits per heavy atom. The molecule has 1 aromatic carbocycles. The average Bonchev–Trinajstić information content (AvgIpc) is 2.78. The summed E-state index contributed by atoms with van der Waals surface area (Å²) in [6, 6.07) is 8.92. The Kier molecular flexibility index (Phi) is 8.88. The molecule has 1 saturated heterocycles. The minimum atomic E-state index is -3.02. The fourth-order valence-electron chi connectivity index (χ4n) is 5.12. The number of nitrogens with zero attached hydrogens (tertiary/aromatic N) is 1. The number of rotatable bonds is 8. The molecule has 1 aliphatic heterocycles. The van der Waals surface area contributed by atoms with Crippen molar-refractivity contribution in [2.24, 2.45) is 17.8 Å². The fourth-order valence-corrected chi connectivity index (χ4v) is 6.58. The first-order valence-electron chi connectivity index (χ1n) is 12.8. The van der Waals surface area contributed by atoms with Gasteiger partial charge in [-0.15, -0.1) is 0 Å². The third-order valence-electron chi connectivity index (χ3n) is 7.61. The highest BCUT2D eigenvalue weighted by molar-refractivity contribution is 7.92. The van der Waals surface area contributed by atoms with E-state index in [4.69, 9.17) is 4.74 Å². The van der Waals surface area contributed by atoms with Crippen molar-refractivity contribution in [3.63, 3.8) is 0 Å². The molecule has 1 heterocycles. The Labute approximate surface area is 201 Å². The monoisotopic (exact) mass is 477 g/mol. The highest BCUT2D eigenvalue weighted by Crippen LogP contribution is 2.34. The van der Waals surface area contributed by atoms with Crippen LogP contribution in [0.1, 0.15) is 78.2 Å². The summed E-state index contributed by atoms with van der Waals surface area (Å²) in [4.78, 5) is 14.3. The highest BCUT2D eigenvalue weighted by Gasteiger charge is 2.33. The third-order valence-corrected chi connectivity index (χ3v) is 10.4. The number of sulfone groups is 1. The van der Waals surface area contributed by atoms with Crippen molar-refractivity contribution >= 4 is 21.5 Å². The van der Waals surface area contributed by atoms with Crippen molar-refractivity contribution < 1.29 is 17.9 Å². The zero-order valence-electron chi connectivity index (χ0n) is 21.0. The molecule has 0 radical (unpaired) electrons. The summed E-state index contributed by atoms with van der Waals surface area (Å²) in [5.41, 5.74) is 2.61. The van der Waals surface area contributed by atoms with E-state index in [-0.39, 0.29) is 11.9 Å². The molecular formula is C27H43NO4S. The number of anilines is 1. The van der Waals surface area contributed by atoms with Crippen LogP contribution in [0.5, 0.6) is 0 Å². The van der Waals surface area contributed by atoms with Crippen LogP contribution in [0, 0.1) is 17.8 Å². The maximum absolute atomic E-state index is 12.5. The van der Waals surface area contributed by atoms with Crippen LogP contribution in [-0.2, 0) is 25.8 Å². The van der Waals surface area contributed by atoms with Crippen LogP contribution >= 0.6 is 0 Å². The Bertz CT molecular complexity index is 856. The van der Waals surface area contributed by atoms with Crippen LogP contribution in [0.25, 0.3) is 0 Å². The SMILES string of the molecule is CCOC(=O)C1CCN(c2ccc(CCC3CCC(CS(=O)(=O)C(C)(C)C)CC3)cc2)CC1. The molecule has 3 rings (SSSR count). The molecule has 2 aliphatic rings. The number of ether oxygens (including phenoxy) is 1. The van der Waals surface area contributed by atoms with E-state index >= 15 is 0 Å². The van der Waals surface area contributed by atoms with Crippen molar-refractivity contribution in [3.05, 3.63) is 29.8 Å². The van der Waals surface area contributed by atoms with Gasteiger partial charge in [0.1, 0.15) is 0 Å². The van der Waals surface area contributed by atoms with E-state index < -0.39 is 14.6 Å². The minimum Gasteiger partial charge on any atom is -0.466 e. The second-order valence-electron chi connectivity index (χ2n) is 11.0. The van der Waals surface area contributed by atoms with Crippen LogP contribution in [0.3, 0.4) is 0 Å². The van der Waals surface area contributed by atoms with Crippen molar-refractivity contribution in [1.82, 2.24) is 0 Å². The zero-order chi connectivity index (χ0) is 24.1. The van der Waals surface area contributed by atoms with Gasteiger partial charge in [0.15, 0.2) is 9.84 Å². The van der Waals surface area contributed by atoms with Gasteiger partial charge >= 0.3 is 5.97 Å². The standard InChI is InChI=1S/C27H43NO4S/c1-5-32-26(29)24-16-18-28(19-17-24)25-14-12-22(13-15-25)7-6-21-8-10-23(11-9-21)20-33(30,31)27(2,3)4/h12-15,21,23-24H,5-11,16-20H2,1-4H3. The maximum Gasteiger partial charge on any atom is 0.309 e. The second-order valence-corrected chi connectivity index (χ2v) is 13.8. The molecule has 0 unspecified atom stereocenters. The Balaban J connectivity index is 1.40. The summed E-state index contributed by atoms with van der Waals surface area (Å²) in [7, 11) is -3.02. The van der Waals surface area contributed by atoms with E-state index in [0.29, 0.717) is 24.2 Å². The first kappa shape index (κ1) is 26.1. The van der Waals surface area contributed by atoms with Gasteiger partial charge in [-0.3, -0.25) is 4.79 Å². The highest BCUT2D eigenvalue weighted by atomic mass is 32.2. The van der Waals surface area contributed by atoms with Gasteiger partial charge in [-0.05, 0) is 95.8 Å². The number of hydrogen-bond donors (Lipinski definition) is 0. The topological polar surface area (TPSA) is 63.7 Å². The van der Waals surface area contributed by atoms with E-state index in [1.54, 1.807) is 0 Å². The normalized spacial score (nSPS) is 22.8. The predicted molar refractivity (Wildman–Crippen MR) is 135 cm³/mol. The van der Waals surface area contributed by atoms with Crippen LogP contribution in [0.4, 0.5) is 5.69 Å². The molecule has 6 heteroatoms. The van der Waals surface area contributed by atoms with Crippen LogP contribution in [0.2, 0.25) is 0 Å². The molecule has 0 bridgehead atoms. The number of esters is 1. The van der Waals surface area contributed by atoms with Gasteiger partial charge in [0, 0.05) is 18.8 Å². The number of hydrogen-bond acceptors (Lipinski definition) is 5. The molecule has 0 spiro atoms. The maximum atomic E-state index is 12.5.